The molecule has 2 aromatic rings. The van der Waals surface area contributed by atoms with E-state index in [2.05, 4.69) is 41.2 Å². The lowest BCUT2D eigenvalue weighted by Gasteiger charge is -2.17. The van der Waals surface area contributed by atoms with Gasteiger partial charge in [0.05, 0.1) is 14.2 Å². The maximum Gasteiger partial charge on any atom is 0.127 e. The second-order valence-corrected chi connectivity index (χ2v) is 7.02. The summed E-state index contributed by atoms with van der Waals surface area (Å²) in [7, 11) is 3.35. The zero-order chi connectivity index (χ0) is 15.4. The summed E-state index contributed by atoms with van der Waals surface area (Å²) in [6.07, 6.45) is 0. The van der Waals surface area contributed by atoms with Crippen molar-refractivity contribution in [3.8, 4) is 11.5 Å². The van der Waals surface area contributed by atoms with Gasteiger partial charge in [0.25, 0.3) is 0 Å². The van der Waals surface area contributed by atoms with Crippen molar-refractivity contribution in [3.63, 3.8) is 0 Å². The molecule has 1 N–H and O–H groups in total. The van der Waals surface area contributed by atoms with Crippen LogP contribution in [0.4, 0.5) is 0 Å². The molecule has 0 aliphatic carbocycles. The topological polar surface area (TPSA) is 30.5 Å². The molecular formula is C16H20BrNO2S. The van der Waals surface area contributed by atoms with Crippen LogP contribution in [0.15, 0.2) is 28.7 Å². The smallest absolute Gasteiger partial charge is 0.127 e. The summed E-state index contributed by atoms with van der Waals surface area (Å²) in [5.41, 5.74) is 1.13. The van der Waals surface area contributed by atoms with E-state index in [4.69, 9.17) is 9.47 Å². The van der Waals surface area contributed by atoms with Gasteiger partial charge in [0.1, 0.15) is 11.5 Å². The predicted molar refractivity (Wildman–Crippen MR) is 91.6 cm³/mol. The third kappa shape index (κ3) is 3.99. The maximum absolute atomic E-state index is 5.46. The summed E-state index contributed by atoms with van der Waals surface area (Å²) in [5, 5.41) is 3.54. The molecule has 114 valence electrons. The van der Waals surface area contributed by atoms with Gasteiger partial charge < -0.3 is 14.8 Å². The molecule has 0 aliphatic heterocycles. The second-order valence-electron chi connectivity index (χ2n) is 4.83. The average molecular weight is 370 g/mol. The largest absolute Gasteiger partial charge is 0.497 e. The Bertz CT molecular complexity index is 593. The number of benzene rings is 1. The predicted octanol–water partition coefficient (Wildman–Crippen LogP) is 4.69. The van der Waals surface area contributed by atoms with Crippen LogP contribution in [-0.4, -0.2) is 14.2 Å². The fourth-order valence-corrected chi connectivity index (χ4v) is 3.70. The number of ether oxygens (including phenoxy) is 2. The van der Waals surface area contributed by atoms with E-state index in [1.54, 1.807) is 25.6 Å². The Morgan fingerprint density at radius 3 is 2.57 bits per heavy atom. The van der Waals surface area contributed by atoms with Gasteiger partial charge in [-0.2, -0.15) is 0 Å². The molecule has 3 nitrogen and oxygen atoms in total. The van der Waals surface area contributed by atoms with E-state index < -0.39 is 0 Å². The lowest BCUT2D eigenvalue weighted by atomic mass is 10.1. The Morgan fingerprint density at radius 1 is 1.24 bits per heavy atom. The van der Waals surface area contributed by atoms with Gasteiger partial charge in [-0.1, -0.05) is 6.07 Å². The molecule has 1 unspecified atom stereocenters. The van der Waals surface area contributed by atoms with E-state index in [9.17, 15) is 0 Å². The van der Waals surface area contributed by atoms with Crippen molar-refractivity contribution < 1.29 is 9.47 Å². The minimum atomic E-state index is 0.201. The van der Waals surface area contributed by atoms with Crippen molar-refractivity contribution in [2.24, 2.45) is 0 Å². The van der Waals surface area contributed by atoms with Crippen molar-refractivity contribution in [2.45, 2.75) is 26.4 Å². The van der Waals surface area contributed by atoms with Gasteiger partial charge in [-0.3, -0.25) is 0 Å². The van der Waals surface area contributed by atoms with E-state index in [0.29, 0.717) is 0 Å². The summed E-state index contributed by atoms with van der Waals surface area (Å²) >= 11 is 5.36. The highest BCUT2D eigenvalue weighted by Crippen LogP contribution is 2.30. The summed E-state index contributed by atoms with van der Waals surface area (Å²) in [5.74, 6) is 1.65. The molecule has 0 amide bonds. The minimum absolute atomic E-state index is 0.201. The Morgan fingerprint density at radius 2 is 2.00 bits per heavy atom. The van der Waals surface area contributed by atoms with Gasteiger partial charge in [0.2, 0.25) is 0 Å². The molecule has 0 spiro atoms. The molecule has 1 aromatic heterocycles. The van der Waals surface area contributed by atoms with Crippen LogP contribution in [0.5, 0.6) is 11.5 Å². The fraction of sp³-hybridized carbons (Fsp3) is 0.375. The summed E-state index contributed by atoms with van der Waals surface area (Å²) in [6, 6.07) is 8.30. The van der Waals surface area contributed by atoms with Gasteiger partial charge in [-0.15, -0.1) is 11.3 Å². The Balaban J connectivity index is 2.07. The molecule has 21 heavy (non-hydrogen) atoms. The quantitative estimate of drug-likeness (QED) is 0.801. The minimum Gasteiger partial charge on any atom is -0.497 e. The molecule has 0 aliphatic rings. The van der Waals surface area contributed by atoms with Crippen molar-refractivity contribution >= 4 is 27.3 Å². The van der Waals surface area contributed by atoms with Gasteiger partial charge in [-0.05, 0) is 41.9 Å². The van der Waals surface area contributed by atoms with Crippen LogP contribution >= 0.6 is 27.3 Å². The summed E-state index contributed by atoms with van der Waals surface area (Å²) < 4.78 is 11.9. The highest BCUT2D eigenvalue weighted by Gasteiger charge is 2.13. The number of methoxy groups -OCH3 is 2. The first-order valence-electron chi connectivity index (χ1n) is 6.75. The molecule has 0 radical (unpaired) electrons. The van der Waals surface area contributed by atoms with Gasteiger partial charge in [0, 0.05) is 38.4 Å². The third-order valence-corrected chi connectivity index (χ3v) is 5.53. The normalized spacial score (nSPS) is 12.2. The van der Waals surface area contributed by atoms with Crippen LogP contribution < -0.4 is 14.8 Å². The molecule has 0 fully saturated rings. The van der Waals surface area contributed by atoms with E-state index >= 15 is 0 Å². The van der Waals surface area contributed by atoms with E-state index in [1.165, 1.54) is 14.2 Å². The van der Waals surface area contributed by atoms with Gasteiger partial charge >= 0.3 is 0 Å². The molecular weight excluding hydrogens is 350 g/mol. The zero-order valence-electron chi connectivity index (χ0n) is 12.7. The van der Waals surface area contributed by atoms with Crippen LogP contribution in [0.2, 0.25) is 0 Å². The van der Waals surface area contributed by atoms with E-state index in [1.807, 2.05) is 18.2 Å². The second kappa shape index (κ2) is 7.29. The van der Waals surface area contributed by atoms with Gasteiger partial charge in [0.15, 0.2) is 0 Å². The summed E-state index contributed by atoms with van der Waals surface area (Å²) in [4.78, 5) is 2.63. The Kier molecular flexibility index (Phi) is 5.67. The number of aryl methyl sites for hydroxylation is 1. The molecule has 1 aromatic carbocycles. The fourth-order valence-electron chi connectivity index (χ4n) is 2.14. The SMILES string of the molecule is COc1ccc(C(C)NCc2cc(Br)c(C)s2)c(OC)c1. The number of halogens is 1. The number of rotatable bonds is 6. The number of hydrogen-bond acceptors (Lipinski definition) is 4. The Labute approximate surface area is 138 Å². The monoisotopic (exact) mass is 369 g/mol. The average Bonchev–Trinajstić information content (AvgIpc) is 2.82. The Hall–Kier alpha value is -1.04. The molecule has 2 rings (SSSR count). The standard InChI is InChI=1S/C16H20BrNO2S/c1-10(18-9-13-8-15(17)11(2)21-13)14-6-5-12(19-3)7-16(14)20-4/h5-8,10,18H,9H2,1-4H3. The van der Waals surface area contributed by atoms with Crippen LogP contribution in [0.3, 0.4) is 0 Å². The molecule has 0 bridgehead atoms. The lowest BCUT2D eigenvalue weighted by molar-refractivity contribution is 0.386. The highest BCUT2D eigenvalue weighted by atomic mass is 79.9. The van der Waals surface area contributed by atoms with E-state index in [0.717, 1.165) is 23.6 Å². The third-order valence-electron chi connectivity index (χ3n) is 3.40. The van der Waals surface area contributed by atoms with Crippen molar-refractivity contribution in [1.82, 2.24) is 5.32 Å². The number of hydrogen-bond donors (Lipinski definition) is 1. The van der Waals surface area contributed by atoms with Crippen molar-refractivity contribution in [3.05, 3.63) is 44.1 Å². The highest BCUT2D eigenvalue weighted by molar-refractivity contribution is 9.10. The number of nitrogens with one attached hydrogen (secondary N) is 1. The van der Waals surface area contributed by atoms with Gasteiger partial charge in [-0.25, -0.2) is 0 Å². The zero-order valence-corrected chi connectivity index (χ0v) is 15.1. The molecule has 1 heterocycles. The van der Waals surface area contributed by atoms with E-state index in [-0.39, 0.29) is 6.04 Å². The molecule has 1 atom stereocenters. The van der Waals surface area contributed by atoms with Crippen LogP contribution in [0.1, 0.15) is 28.3 Å². The van der Waals surface area contributed by atoms with Crippen LogP contribution in [-0.2, 0) is 6.54 Å². The maximum atomic E-state index is 5.46. The van der Waals surface area contributed by atoms with Crippen LogP contribution in [0, 0.1) is 6.92 Å². The van der Waals surface area contributed by atoms with Crippen molar-refractivity contribution in [1.29, 1.82) is 0 Å². The molecule has 0 saturated heterocycles. The number of thiophene rings is 1. The molecule has 5 heteroatoms. The van der Waals surface area contributed by atoms with Crippen LogP contribution in [0.25, 0.3) is 0 Å². The first-order valence-corrected chi connectivity index (χ1v) is 8.36. The summed E-state index contributed by atoms with van der Waals surface area (Å²) in [6.45, 7) is 5.10. The lowest BCUT2D eigenvalue weighted by Crippen LogP contribution is -2.18. The first-order chi connectivity index (χ1) is 10.0. The molecule has 0 saturated carbocycles. The first kappa shape index (κ1) is 16.3. The van der Waals surface area contributed by atoms with Crippen molar-refractivity contribution in [2.75, 3.05) is 14.2 Å².